The van der Waals surface area contributed by atoms with Gasteiger partial charge in [0.15, 0.2) is 6.10 Å². The summed E-state index contributed by atoms with van der Waals surface area (Å²) in [6, 6.07) is 0. The lowest BCUT2D eigenvalue weighted by atomic mass is 10.0. The van der Waals surface area contributed by atoms with E-state index < -0.39 is 6.10 Å². The number of carbonyl (C=O) groups is 3. The molecule has 0 N–H and O–H groups in total. The van der Waals surface area contributed by atoms with Crippen molar-refractivity contribution in [2.24, 2.45) is 0 Å². The highest BCUT2D eigenvalue weighted by Gasteiger charge is 2.20. The molecule has 0 aromatic carbocycles. The zero-order valence-corrected chi connectivity index (χ0v) is 56.2. The zero-order chi connectivity index (χ0) is 59.9. The van der Waals surface area contributed by atoms with Crippen LogP contribution in [0.3, 0.4) is 0 Å². The molecular weight excluding hydrogens is 1020 g/mol. The summed E-state index contributed by atoms with van der Waals surface area (Å²) >= 11 is 0. The second-order valence-electron chi connectivity index (χ2n) is 25.6. The smallest absolute Gasteiger partial charge is 0.306 e. The van der Waals surface area contributed by atoms with Crippen LogP contribution in [0.5, 0.6) is 0 Å². The molecule has 0 saturated heterocycles. The zero-order valence-electron chi connectivity index (χ0n) is 56.2. The molecule has 488 valence electrons. The number of allylic oxidation sites excluding steroid dienone is 6. The molecule has 0 aromatic rings. The Morgan fingerprint density at radius 2 is 0.434 bits per heavy atom. The normalized spacial score (nSPS) is 12.2. The maximum atomic E-state index is 13.0. The molecule has 0 radical (unpaired) electrons. The topological polar surface area (TPSA) is 78.9 Å². The molecule has 0 rings (SSSR count). The summed E-state index contributed by atoms with van der Waals surface area (Å²) < 4.78 is 17.0. The van der Waals surface area contributed by atoms with Gasteiger partial charge in [0.1, 0.15) is 13.2 Å². The van der Waals surface area contributed by atoms with Crippen LogP contribution in [0.25, 0.3) is 0 Å². The van der Waals surface area contributed by atoms with Gasteiger partial charge in [0.25, 0.3) is 0 Å². The van der Waals surface area contributed by atoms with Gasteiger partial charge in [0, 0.05) is 19.3 Å². The van der Waals surface area contributed by atoms with Crippen LogP contribution in [0.4, 0.5) is 0 Å². The van der Waals surface area contributed by atoms with E-state index in [2.05, 4.69) is 57.2 Å². The average molecular weight is 1170 g/mol. The number of ether oxygens (including phenoxy) is 3. The lowest BCUT2D eigenvalue weighted by molar-refractivity contribution is -0.167. The van der Waals surface area contributed by atoms with Crippen LogP contribution in [-0.4, -0.2) is 37.2 Å². The number of esters is 3. The van der Waals surface area contributed by atoms with E-state index in [0.29, 0.717) is 19.3 Å². The number of hydrogen-bond acceptors (Lipinski definition) is 6. The van der Waals surface area contributed by atoms with Crippen LogP contribution in [-0.2, 0) is 28.6 Å². The summed E-state index contributed by atoms with van der Waals surface area (Å²) in [4.78, 5) is 38.6. The van der Waals surface area contributed by atoms with Crippen molar-refractivity contribution in [3.05, 3.63) is 36.5 Å². The molecule has 0 amide bonds. The second kappa shape index (κ2) is 72.1. The third-order valence-corrected chi connectivity index (χ3v) is 17.1. The van der Waals surface area contributed by atoms with Gasteiger partial charge in [-0.2, -0.15) is 0 Å². The minimum Gasteiger partial charge on any atom is -0.462 e. The second-order valence-corrected chi connectivity index (χ2v) is 25.6. The Bertz CT molecular complexity index is 1380. The Morgan fingerprint density at radius 1 is 0.241 bits per heavy atom. The van der Waals surface area contributed by atoms with Crippen molar-refractivity contribution >= 4 is 17.9 Å². The minimum absolute atomic E-state index is 0.0690. The molecule has 0 heterocycles. The van der Waals surface area contributed by atoms with Crippen LogP contribution in [0.15, 0.2) is 36.5 Å². The Labute approximate surface area is 518 Å². The first-order chi connectivity index (χ1) is 41.0. The fourth-order valence-corrected chi connectivity index (χ4v) is 11.5. The predicted molar refractivity (Wildman–Crippen MR) is 362 cm³/mol. The summed E-state index contributed by atoms with van der Waals surface area (Å²) in [7, 11) is 0. The molecule has 0 saturated carbocycles. The van der Waals surface area contributed by atoms with Crippen molar-refractivity contribution in [3.8, 4) is 0 Å². The van der Waals surface area contributed by atoms with Gasteiger partial charge in [0.2, 0.25) is 0 Å². The van der Waals surface area contributed by atoms with E-state index >= 15 is 0 Å². The third kappa shape index (κ3) is 70.3. The predicted octanol–water partition coefficient (Wildman–Crippen LogP) is 25.9. The molecule has 0 fully saturated rings. The van der Waals surface area contributed by atoms with E-state index in [4.69, 9.17) is 14.2 Å². The molecule has 0 aliphatic rings. The molecule has 0 bridgehead atoms. The first kappa shape index (κ1) is 80.6. The first-order valence-electron chi connectivity index (χ1n) is 37.5. The van der Waals surface area contributed by atoms with Crippen molar-refractivity contribution in [3.63, 3.8) is 0 Å². The van der Waals surface area contributed by atoms with Gasteiger partial charge < -0.3 is 14.2 Å². The average Bonchev–Trinajstić information content (AvgIpc) is 3.49. The highest BCUT2D eigenvalue weighted by molar-refractivity contribution is 5.71. The lowest BCUT2D eigenvalue weighted by Gasteiger charge is -2.18. The molecule has 0 aromatic heterocycles. The molecule has 0 aliphatic heterocycles. The number of rotatable bonds is 70. The summed E-state index contributed by atoms with van der Waals surface area (Å²) in [5.41, 5.74) is 0. The van der Waals surface area contributed by atoms with E-state index in [9.17, 15) is 14.4 Å². The number of carbonyl (C=O) groups excluding carboxylic acids is 3. The summed E-state index contributed by atoms with van der Waals surface area (Å²) in [5, 5.41) is 0. The summed E-state index contributed by atoms with van der Waals surface area (Å²) in [6.45, 7) is 6.70. The van der Waals surface area contributed by atoms with Crippen LogP contribution >= 0.6 is 0 Å². The van der Waals surface area contributed by atoms with Crippen molar-refractivity contribution < 1.29 is 28.6 Å². The van der Waals surface area contributed by atoms with Gasteiger partial charge in [-0.1, -0.05) is 359 Å². The van der Waals surface area contributed by atoms with E-state index in [-0.39, 0.29) is 31.1 Å². The van der Waals surface area contributed by atoms with Gasteiger partial charge in [0.05, 0.1) is 0 Å². The first-order valence-corrected chi connectivity index (χ1v) is 37.5. The monoisotopic (exact) mass is 1170 g/mol. The van der Waals surface area contributed by atoms with Crippen LogP contribution in [0.1, 0.15) is 419 Å². The van der Waals surface area contributed by atoms with Crippen molar-refractivity contribution in [1.82, 2.24) is 0 Å². The third-order valence-electron chi connectivity index (χ3n) is 17.1. The van der Waals surface area contributed by atoms with Crippen LogP contribution in [0, 0.1) is 0 Å². The molecule has 83 heavy (non-hydrogen) atoms. The van der Waals surface area contributed by atoms with E-state index in [1.165, 1.54) is 315 Å². The quantitative estimate of drug-likeness (QED) is 0.0261. The van der Waals surface area contributed by atoms with Crippen molar-refractivity contribution in [2.75, 3.05) is 13.2 Å². The Balaban J connectivity index is 4.29. The number of hydrogen-bond donors (Lipinski definition) is 0. The van der Waals surface area contributed by atoms with Gasteiger partial charge in [-0.05, 0) is 77.0 Å². The molecule has 1 unspecified atom stereocenters. The molecule has 1 atom stereocenters. The van der Waals surface area contributed by atoms with Crippen LogP contribution in [0.2, 0.25) is 0 Å². The van der Waals surface area contributed by atoms with Gasteiger partial charge in [-0.15, -0.1) is 0 Å². The summed E-state index contributed by atoms with van der Waals surface area (Å²) in [6.07, 6.45) is 90.4. The SMILES string of the molecule is CCCCC/C=C\C/C=C\CCCCCCCCCCCC(=O)OCC(COC(=O)CCCCCCCCCCCCCCCCCCCCCCCCCCC)OC(=O)CCCCCCCCCCC/C=C\CCCCCCCCCC. The summed E-state index contributed by atoms with van der Waals surface area (Å²) in [5.74, 6) is -0.842. The fourth-order valence-electron chi connectivity index (χ4n) is 11.5. The van der Waals surface area contributed by atoms with E-state index in [0.717, 1.165) is 64.2 Å². The molecule has 0 spiro atoms. The van der Waals surface area contributed by atoms with Gasteiger partial charge in [-0.3, -0.25) is 14.4 Å². The van der Waals surface area contributed by atoms with Crippen LogP contribution < -0.4 is 0 Å². The fraction of sp³-hybridized carbons (Fsp3) is 0.883. The Morgan fingerprint density at radius 3 is 0.699 bits per heavy atom. The highest BCUT2D eigenvalue weighted by atomic mass is 16.6. The minimum atomic E-state index is -0.775. The van der Waals surface area contributed by atoms with Crippen molar-refractivity contribution in [1.29, 1.82) is 0 Å². The molecule has 6 nitrogen and oxygen atoms in total. The standard InChI is InChI=1S/C77H144O6/c1-4-7-10-13-16-19-22-25-28-31-34-36-37-38-39-41-43-46-49-52-55-58-61-64-67-70-76(79)82-73-74(72-81-75(78)69-66-63-60-57-54-51-48-45-42-33-30-27-24-21-18-15-12-9-6-3)83-77(80)71-68-65-62-59-56-53-50-47-44-40-35-32-29-26-23-20-17-14-11-8-5-2/h18,21,27,30,32,35,74H,4-17,19-20,22-26,28-29,31,33-34,36-73H2,1-3H3/b21-18-,30-27-,35-32-. The molecule has 0 aliphatic carbocycles. The highest BCUT2D eigenvalue weighted by Crippen LogP contribution is 2.19. The van der Waals surface area contributed by atoms with Gasteiger partial charge in [-0.25, -0.2) is 0 Å². The lowest BCUT2D eigenvalue weighted by Crippen LogP contribution is -2.30. The Hall–Kier alpha value is -2.37. The Kier molecular flexibility index (Phi) is 70.0. The van der Waals surface area contributed by atoms with E-state index in [1.807, 2.05) is 0 Å². The van der Waals surface area contributed by atoms with E-state index in [1.54, 1.807) is 0 Å². The number of unbranched alkanes of at least 4 members (excludes halogenated alkanes) is 53. The largest absolute Gasteiger partial charge is 0.462 e. The molecular formula is C77H144O6. The maximum absolute atomic E-state index is 13.0. The maximum Gasteiger partial charge on any atom is 0.306 e. The molecule has 6 heteroatoms. The van der Waals surface area contributed by atoms with Gasteiger partial charge >= 0.3 is 17.9 Å². The van der Waals surface area contributed by atoms with Crippen molar-refractivity contribution in [2.45, 2.75) is 425 Å².